The average molecular weight is 352 g/mol. The maximum absolute atomic E-state index is 14.1. The summed E-state index contributed by atoms with van der Waals surface area (Å²) in [6.45, 7) is 3.79. The van der Waals surface area contributed by atoms with Crippen molar-refractivity contribution in [1.82, 2.24) is 0 Å². The molecule has 1 saturated heterocycles. The zero-order chi connectivity index (χ0) is 17.8. The quantitative estimate of drug-likeness (QED) is 0.706. The minimum absolute atomic E-state index is 0.0150. The molecule has 0 radical (unpaired) electrons. The van der Waals surface area contributed by atoms with Crippen molar-refractivity contribution in [2.45, 2.75) is 43.4 Å². The van der Waals surface area contributed by atoms with Gasteiger partial charge in [0.25, 0.3) is 0 Å². The number of aryl methyl sites for hydroxylation is 1. The van der Waals surface area contributed by atoms with E-state index in [1.165, 1.54) is 11.6 Å². The molecule has 1 aromatic carbocycles. The molecule has 25 heavy (non-hydrogen) atoms. The Morgan fingerprint density at radius 1 is 1.28 bits per heavy atom. The maximum atomic E-state index is 14.1. The van der Waals surface area contributed by atoms with Gasteiger partial charge in [0.1, 0.15) is 5.75 Å². The number of ether oxygens (including phenoxy) is 2. The van der Waals surface area contributed by atoms with Crippen LogP contribution in [-0.2, 0) is 11.2 Å². The lowest BCUT2D eigenvalue weighted by Gasteiger charge is -2.52. The minimum atomic E-state index is -4.36. The van der Waals surface area contributed by atoms with Crippen LogP contribution in [0.4, 0.5) is 13.2 Å². The topological polar surface area (TPSA) is 18.5 Å². The molecule has 1 aromatic rings. The smallest absolute Gasteiger partial charge is 0.418 e. The first-order chi connectivity index (χ1) is 11.9. The summed E-state index contributed by atoms with van der Waals surface area (Å²) in [5.74, 6) is -0.272. The molecule has 0 N–H and O–H groups in total. The van der Waals surface area contributed by atoms with Crippen LogP contribution in [0, 0.1) is 17.8 Å². The number of hydrogen-bond acceptors (Lipinski definition) is 2. The summed E-state index contributed by atoms with van der Waals surface area (Å²) in [6, 6.07) is 5.92. The van der Waals surface area contributed by atoms with Gasteiger partial charge in [0, 0.05) is 17.8 Å². The van der Waals surface area contributed by atoms with Gasteiger partial charge in [-0.05, 0) is 54.9 Å². The van der Waals surface area contributed by atoms with Crippen molar-refractivity contribution in [3.05, 3.63) is 42.0 Å². The molecule has 0 amide bonds. The normalized spacial score (nSPS) is 37.0. The lowest BCUT2D eigenvalue weighted by atomic mass is 9.63. The van der Waals surface area contributed by atoms with Crippen LogP contribution >= 0.6 is 0 Å². The maximum Gasteiger partial charge on any atom is 0.418 e. The lowest BCUT2D eigenvalue weighted by molar-refractivity contribution is -0.322. The van der Waals surface area contributed by atoms with E-state index in [9.17, 15) is 13.2 Å². The van der Waals surface area contributed by atoms with Crippen LogP contribution in [0.3, 0.4) is 0 Å². The van der Waals surface area contributed by atoms with E-state index in [2.05, 4.69) is 6.58 Å². The molecule has 0 unspecified atom stereocenters. The molecule has 4 rings (SSSR count). The van der Waals surface area contributed by atoms with Crippen LogP contribution in [0.1, 0.15) is 36.3 Å². The molecule has 1 heterocycles. The molecule has 0 spiro atoms. The molecule has 0 aromatic heterocycles. The van der Waals surface area contributed by atoms with E-state index in [1.54, 1.807) is 7.11 Å². The second-order valence-electron chi connectivity index (χ2n) is 7.50. The molecule has 2 nitrogen and oxygen atoms in total. The highest BCUT2D eigenvalue weighted by Crippen LogP contribution is 2.62. The summed E-state index contributed by atoms with van der Waals surface area (Å²) in [5.41, 5.74) is 0.275. The van der Waals surface area contributed by atoms with Crippen LogP contribution in [-0.4, -0.2) is 25.5 Å². The van der Waals surface area contributed by atoms with Gasteiger partial charge < -0.3 is 9.47 Å². The predicted molar refractivity (Wildman–Crippen MR) is 88.7 cm³/mol. The van der Waals surface area contributed by atoms with Crippen molar-refractivity contribution in [1.29, 1.82) is 0 Å². The first-order valence-corrected chi connectivity index (χ1v) is 8.92. The third-order valence-electron chi connectivity index (χ3n) is 6.65. The number of rotatable bonds is 2. The highest BCUT2D eigenvalue weighted by atomic mass is 19.4. The van der Waals surface area contributed by atoms with Gasteiger partial charge in [-0.3, -0.25) is 0 Å². The van der Waals surface area contributed by atoms with Crippen LogP contribution < -0.4 is 4.74 Å². The summed E-state index contributed by atoms with van der Waals surface area (Å²) in [6.07, 6.45) is -0.264. The Kier molecular flexibility index (Phi) is 3.91. The number of hydrogen-bond donors (Lipinski definition) is 0. The zero-order valence-electron chi connectivity index (χ0n) is 14.3. The molecule has 1 aliphatic heterocycles. The summed E-state index contributed by atoms with van der Waals surface area (Å²) in [4.78, 5) is 0. The second kappa shape index (κ2) is 5.76. The van der Waals surface area contributed by atoms with Gasteiger partial charge in [0.05, 0.1) is 13.7 Å². The summed E-state index contributed by atoms with van der Waals surface area (Å²) in [7, 11) is 1.63. The van der Waals surface area contributed by atoms with Crippen LogP contribution in [0.15, 0.2) is 30.9 Å². The molecular formula is C20H23F3O2. The highest BCUT2D eigenvalue weighted by molar-refractivity contribution is 5.41. The largest absolute Gasteiger partial charge is 0.497 e. The van der Waals surface area contributed by atoms with Crippen molar-refractivity contribution in [2.24, 2.45) is 17.8 Å². The Morgan fingerprint density at radius 2 is 2.08 bits per heavy atom. The van der Waals surface area contributed by atoms with Gasteiger partial charge >= 0.3 is 6.18 Å². The number of fused-ring (bicyclic) bond motifs is 5. The average Bonchev–Trinajstić information content (AvgIpc) is 3.00. The van der Waals surface area contributed by atoms with Crippen molar-refractivity contribution >= 4 is 0 Å². The molecular weight excluding hydrogens is 329 g/mol. The molecule has 5 atom stereocenters. The fourth-order valence-electron chi connectivity index (χ4n) is 5.57. The third-order valence-corrected chi connectivity index (χ3v) is 6.65. The van der Waals surface area contributed by atoms with E-state index in [0.717, 1.165) is 24.2 Å². The van der Waals surface area contributed by atoms with E-state index in [0.29, 0.717) is 12.8 Å². The number of halogens is 3. The van der Waals surface area contributed by atoms with Gasteiger partial charge in [0.2, 0.25) is 0 Å². The standard InChI is InChI=1S/C20H23F3O2/c1-3-13-5-9-18-16-7-4-12-10-14(24-2)6-8-15(12)17(16)11-25-19(13,18)20(21,22)23/h3,6,8,10,13,16-18H,1,4-5,7,9,11H2,2H3/t13-,16-,17-,18+,19+/m1/s1. The van der Waals surface area contributed by atoms with Crippen molar-refractivity contribution in [2.75, 3.05) is 13.7 Å². The molecule has 3 aliphatic rings. The van der Waals surface area contributed by atoms with Gasteiger partial charge in [-0.15, -0.1) is 6.58 Å². The van der Waals surface area contributed by atoms with Gasteiger partial charge in [-0.2, -0.15) is 13.2 Å². The Labute approximate surface area is 146 Å². The van der Waals surface area contributed by atoms with Crippen molar-refractivity contribution < 1.29 is 22.6 Å². The number of benzene rings is 1. The van der Waals surface area contributed by atoms with E-state index >= 15 is 0 Å². The van der Waals surface area contributed by atoms with Crippen LogP contribution in [0.25, 0.3) is 0 Å². The van der Waals surface area contributed by atoms with Crippen LogP contribution in [0.2, 0.25) is 0 Å². The molecule has 1 saturated carbocycles. The summed E-state index contributed by atoms with van der Waals surface area (Å²) < 4.78 is 53.3. The van der Waals surface area contributed by atoms with Crippen molar-refractivity contribution in [3.63, 3.8) is 0 Å². The Bertz CT molecular complexity index is 684. The molecule has 5 heteroatoms. The van der Waals surface area contributed by atoms with Gasteiger partial charge in [-0.1, -0.05) is 12.1 Å². The first-order valence-electron chi connectivity index (χ1n) is 8.92. The van der Waals surface area contributed by atoms with E-state index in [-0.39, 0.29) is 18.4 Å². The lowest BCUT2D eigenvalue weighted by Crippen LogP contribution is -2.61. The molecule has 2 aliphatic carbocycles. The number of alkyl halides is 3. The van der Waals surface area contributed by atoms with Gasteiger partial charge in [0.15, 0.2) is 5.60 Å². The van der Waals surface area contributed by atoms with Crippen molar-refractivity contribution in [3.8, 4) is 5.75 Å². The molecule has 0 bridgehead atoms. The summed E-state index contributed by atoms with van der Waals surface area (Å²) in [5, 5.41) is 0. The minimum Gasteiger partial charge on any atom is -0.497 e. The Balaban J connectivity index is 1.73. The van der Waals surface area contributed by atoms with Crippen LogP contribution in [0.5, 0.6) is 5.75 Å². The third kappa shape index (κ3) is 2.28. The highest BCUT2D eigenvalue weighted by Gasteiger charge is 2.70. The fraction of sp³-hybridized carbons (Fsp3) is 0.600. The Hall–Kier alpha value is -1.49. The summed E-state index contributed by atoms with van der Waals surface area (Å²) >= 11 is 0. The van der Waals surface area contributed by atoms with E-state index in [1.807, 2.05) is 18.2 Å². The van der Waals surface area contributed by atoms with Gasteiger partial charge in [-0.25, -0.2) is 0 Å². The van der Waals surface area contributed by atoms with E-state index in [4.69, 9.17) is 9.47 Å². The number of methoxy groups -OCH3 is 1. The molecule has 2 fully saturated rings. The fourth-order valence-corrected chi connectivity index (χ4v) is 5.57. The monoisotopic (exact) mass is 352 g/mol. The first kappa shape index (κ1) is 17.0. The molecule has 136 valence electrons. The zero-order valence-corrected chi connectivity index (χ0v) is 14.3. The second-order valence-corrected chi connectivity index (χ2v) is 7.50. The predicted octanol–water partition coefficient (Wildman–Crippen LogP) is 4.88. The van der Waals surface area contributed by atoms with E-state index < -0.39 is 23.6 Å². The Morgan fingerprint density at radius 3 is 2.76 bits per heavy atom. The SMILES string of the molecule is C=C[C@@H]1CC[C@H]2[C@@H]3CCc4cc(OC)ccc4[C@H]3CO[C@@]12C(F)(F)F.